The first-order valence-corrected chi connectivity index (χ1v) is 9.19. The normalized spacial score (nSPS) is 12.6. The first-order chi connectivity index (χ1) is 12.4. The molecule has 3 aromatic rings. The van der Waals surface area contributed by atoms with Crippen molar-refractivity contribution >= 4 is 22.9 Å². The molecule has 6 heteroatoms. The minimum absolute atomic E-state index is 0.0704. The van der Waals surface area contributed by atoms with Crippen LogP contribution in [0.4, 0.5) is 10.1 Å². The maximum Gasteiger partial charge on any atom is 0.233 e. The summed E-state index contributed by atoms with van der Waals surface area (Å²) in [5.74, 6) is -0.412. The zero-order valence-corrected chi connectivity index (χ0v) is 15.7. The number of hydrogen-bond acceptors (Lipinski definition) is 4. The summed E-state index contributed by atoms with van der Waals surface area (Å²) in [5, 5.41) is 1.93. The fourth-order valence-corrected chi connectivity index (χ4v) is 3.27. The van der Waals surface area contributed by atoms with E-state index in [1.54, 1.807) is 34.9 Å². The van der Waals surface area contributed by atoms with Gasteiger partial charge in [0, 0.05) is 28.9 Å². The molecule has 1 amide bonds. The molecular weight excluding hydrogens is 349 g/mol. The third kappa shape index (κ3) is 3.80. The second-order valence-corrected chi connectivity index (χ2v) is 7.72. The molecule has 4 nitrogen and oxygen atoms in total. The van der Waals surface area contributed by atoms with Crippen molar-refractivity contribution in [3.8, 4) is 0 Å². The molecule has 0 aliphatic heterocycles. The molecule has 1 unspecified atom stereocenters. The van der Waals surface area contributed by atoms with Crippen LogP contribution in [-0.2, 0) is 4.79 Å². The predicted molar refractivity (Wildman–Crippen MR) is 102 cm³/mol. The standard InChI is InChI=1S/C20H20FN3OS/c1-20(2,3)19(25)24(16-6-4-15(21)5-7-16)18(17-12-26-13-23-17)14-8-10-22-11-9-14/h4-13,18H,1-3H3. The van der Waals surface area contributed by atoms with E-state index in [1.807, 2.05) is 38.3 Å². The Morgan fingerprint density at radius 1 is 1.12 bits per heavy atom. The van der Waals surface area contributed by atoms with Gasteiger partial charge in [0.25, 0.3) is 0 Å². The molecular formula is C20H20FN3OS. The van der Waals surface area contributed by atoms with Crippen LogP contribution in [0.3, 0.4) is 0 Å². The van der Waals surface area contributed by atoms with Crippen LogP contribution < -0.4 is 4.90 Å². The van der Waals surface area contributed by atoms with Crippen LogP contribution in [0.2, 0.25) is 0 Å². The number of carbonyl (C=O) groups excluding carboxylic acids is 1. The molecule has 0 saturated carbocycles. The smallest absolute Gasteiger partial charge is 0.233 e. The van der Waals surface area contributed by atoms with E-state index in [0.717, 1.165) is 11.3 Å². The van der Waals surface area contributed by atoms with Gasteiger partial charge in [0.1, 0.15) is 11.9 Å². The Balaban J connectivity index is 2.19. The molecule has 0 N–H and O–H groups in total. The summed E-state index contributed by atoms with van der Waals surface area (Å²) in [7, 11) is 0. The lowest BCUT2D eigenvalue weighted by Gasteiger charge is -2.35. The molecule has 0 saturated heterocycles. The Morgan fingerprint density at radius 3 is 2.31 bits per heavy atom. The number of amides is 1. The second-order valence-electron chi connectivity index (χ2n) is 7.00. The van der Waals surface area contributed by atoms with Crippen molar-refractivity contribution in [2.45, 2.75) is 26.8 Å². The highest BCUT2D eigenvalue weighted by atomic mass is 32.1. The van der Waals surface area contributed by atoms with E-state index in [2.05, 4.69) is 9.97 Å². The van der Waals surface area contributed by atoms with Crippen LogP contribution in [-0.4, -0.2) is 15.9 Å². The van der Waals surface area contributed by atoms with Crippen molar-refractivity contribution in [1.82, 2.24) is 9.97 Å². The Labute approximate surface area is 156 Å². The lowest BCUT2D eigenvalue weighted by atomic mass is 9.91. The lowest BCUT2D eigenvalue weighted by molar-refractivity contribution is -0.126. The predicted octanol–water partition coefficient (Wildman–Crippen LogP) is 4.85. The molecule has 1 aromatic carbocycles. The largest absolute Gasteiger partial charge is 0.299 e. The van der Waals surface area contributed by atoms with Gasteiger partial charge in [-0.15, -0.1) is 11.3 Å². The molecule has 2 aromatic heterocycles. The molecule has 26 heavy (non-hydrogen) atoms. The van der Waals surface area contributed by atoms with E-state index in [-0.39, 0.29) is 11.7 Å². The first kappa shape index (κ1) is 18.2. The van der Waals surface area contributed by atoms with Gasteiger partial charge in [-0.25, -0.2) is 9.37 Å². The molecule has 0 fully saturated rings. The fraction of sp³-hybridized carbons (Fsp3) is 0.250. The van der Waals surface area contributed by atoms with Gasteiger partial charge in [0.15, 0.2) is 0 Å². The topological polar surface area (TPSA) is 46.1 Å². The van der Waals surface area contributed by atoms with E-state index >= 15 is 0 Å². The summed E-state index contributed by atoms with van der Waals surface area (Å²) in [6.07, 6.45) is 3.39. The van der Waals surface area contributed by atoms with Crippen LogP contribution in [0.1, 0.15) is 38.1 Å². The van der Waals surface area contributed by atoms with E-state index in [0.29, 0.717) is 5.69 Å². The van der Waals surface area contributed by atoms with Gasteiger partial charge in [-0.2, -0.15) is 0 Å². The Kier molecular flexibility index (Phi) is 5.13. The van der Waals surface area contributed by atoms with Crippen molar-refractivity contribution in [1.29, 1.82) is 0 Å². The van der Waals surface area contributed by atoms with Crippen LogP contribution in [0, 0.1) is 11.2 Å². The number of rotatable bonds is 4. The number of halogens is 1. The summed E-state index contributed by atoms with van der Waals surface area (Å²) < 4.78 is 13.5. The maximum absolute atomic E-state index is 13.5. The zero-order chi connectivity index (χ0) is 18.7. The van der Waals surface area contributed by atoms with Crippen LogP contribution in [0.25, 0.3) is 0 Å². The van der Waals surface area contributed by atoms with Gasteiger partial charge in [-0.1, -0.05) is 20.8 Å². The Morgan fingerprint density at radius 2 is 1.77 bits per heavy atom. The monoisotopic (exact) mass is 369 g/mol. The molecule has 134 valence electrons. The molecule has 2 heterocycles. The first-order valence-electron chi connectivity index (χ1n) is 8.25. The van der Waals surface area contributed by atoms with Crippen molar-refractivity contribution in [2.75, 3.05) is 4.90 Å². The second kappa shape index (κ2) is 7.33. The number of aromatic nitrogens is 2. The average Bonchev–Trinajstić information content (AvgIpc) is 3.14. The van der Waals surface area contributed by atoms with Gasteiger partial charge in [0.05, 0.1) is 11.2 Å². The summed E-state index contributed by atoms with van der Waals surface area (Å²) in [4.78, 5) is 23.6. The third-order valence-corrected chi connectivity index (χ3v) is 4.58. The molecule has 1 atom stereocenters. The highest BCUT2D eigenvalue weighted by molar-refractivity contribution is 7.07. The molecule has 0 bridgehead atoms. The quantitative estimate of drug-likeness (QED) is 0.661. The van der Waals surface area contributed by atoms with Crippen molar-refractivity contribution in [2.24, 2.45) is 5.41 Å². The Hall–Kier alpha value is -2.60. The molecule has 0 aliphatic carbocycles. The van der Waals surface area contributed by atoms with E-state index < -0.39 is 11.5 Å². The van der Waals surface area contributed by atoms with E-state index in [1.165, 1.54) is 23.5 Å². The highest BCUT2D eigenvalue weighted by Crippen LogP contribution is 2.36. The van der Waals surface area contributed by atoms with Crippen LogP contribution in [0.15, 0.2) is 59.7 Å². The molecule has 0 spiro atoms. The number of hydrogen-bond donors (Lipinski definition) is 0. The van der Waals surface area contributed by atoms with Gasteiger partial charge < -0.3 is 0 Å². The van der Waals surface area contributed by atoms with Crippen molar-refractivity contribution in [3.63, 3.8) is 0 Å². The third-order valence-electron chi connectivity index (χ3n) is 3.98. The lowest BCUT2D eigenvalue weighted by Crippen LogP contribution is -2.42. The molecule has 0 radical (unpaired) electrons. The van der Waals surface area contributed by atoms with E-state index in [4.69, 9.17) is 0 Å². The van der Waals surface area contributed by atoms with Gasteiger partial charge in [-0.3, -0.25) is 14.7 Å². The van der Waals surface area contributed by atoms with Gasteiger partial charge >= 0.3 is 0 Å². The summed E-state index contributed by atoms with van der Waals surface area (Å²) >= 11 is 1.47. The van der Waals surface area contributed by atoms with Crippen LogP contribution in [0.5, 0.6) is 0 Å². The number of anilines is 1. The Bertz CT molecular complexity index is 858. The number of benzene rings is 1. The number of thiazole rings is 1. The molecule has 3 rings (SSSR count). The number of nitrogens with zero attached hydrogens (tertiary/aromatic N) is 3. The van der Waals surface area contributed by atoms with Gasteiger partial charge in [0.2, 0.25) is 5.91 Å². The number of carbonyl (C=O) groups is 1. The fourth-order valence-electron chi connectivity index (χ4n) is 2.70. The number of pyridine rings is 1. The highest BCUT2D eigenvalue weighted by Gasteiger charge is 2.35. The zero-order valence-electron chi connectivity index (χ0n) is 14.9. The van der Waals surface area contributed by atoms with E-state index in [9.17, 15) is 9.18 Å². The average molecular weight is 369 g/mol. The van der Waals surface area contributed by atoms with Crippen LogP contribution >= 0.6 is 11.3 Å². The minimum Gasteiger partial charge on any atom is -0.299 e. The van der Waals surface area contributed by atoms with Crippen molar-refractivity contribution < 1.29 is 9.18 Å². The van der Waals surface area contributed by atoms with Crippen molar-refractivity contribution in [3.05, 3.63) is 76.8 Å². The SMILES string of the molecule is CC(C)(C)C(=O)N(c1ccc(F)cc1)C(c1ccncc1)c1cscn1. The summed E-state index contributed by atoms with van der Waals surface area (Å²) in [6, 6.07) is 9.30. The van der Waals surface area contributed by atoms with Gasteiger partial charge in [-0.05, 0) is 42.0 Å². The molecule has 0 aliphatic rings. The summed E-state index contributed by atoms with van der Waals surface area (Å²) in [5.41, 5.74) is 3.42. The maximum atomic E-state index is 13.5. The minimum atomic E-state index is -0.615. The summed E-state index contributed by atoms with van der Waals surface area (Å²) in [6.45, 7) is 5.61.